The van der Waals surface area contributed by atoms with E-state index in [1.165, 1.54) is 18.3 Å². The highest BCUT2D eigenvalue weighted by atomic mass is 16.6. The normalized spacial score (nSPS) is 10.3. The van der Waals surface area contributed by atoms with E-state index in [1.54, 1.807) is 24.3 Å². The molecule has 1 aromatic carbocycles. The minimum absolute atomic E-state index is 0.0438. The van der Waals surface area contributed by atoms with Crippen molar-refractivity contribution in [2.75, 3.05) is 10.6 Å². The molecule has 22 heavy (non-hydrogen) atoms. The van der Waals surface area contributed by atoms with Crippen LogP contribution in [0.5, 0.6) is 0 Å². The van der Waals surface area contributed by atoms with Crippen LogP contribution in [0.25, 0.3) is 0 Å². The van der Waals surface area contributed by atoms with Crippen molar-refractivity contribution in [3.63, 3.8) is 0 Å². The topological polar surface area (TPSA) is 97.2 Å². The first-order chi connectivity index (χ1) is 10.5. The van der Waals surface area contributed by atoms with Crippen LogP contribution in [0.15, 0.2) is 42.6 Å². The number of anilines is 3. The Morgan fingerprint density at radius 3 is 2.27 bits per heavy atom. The number of aromatic nitrogens is 1. The number of benzene rings is 1. The van der Waals surface area contributed by atoms with Gasteiger partial charge in [0, 0.05) is 23.4 Å². The van der Waals surface area contributed by atoms with E-state index >= 15 is 0 Å². The van der Waals surface area contributed by atoms with Gasteiger partial charge in [0.1, 0.15) is 12.0 Å². The van der Waals surface area contributed by atoms with Crippen LogP contribution in [0.4, 0.5) is 22.9 Å². The highest BCUT2D eigenvalue weighted by Crippen LogP contribution is 2.19. The molecule has 1 heterocycles. The zero-order valence-corrected chi connectivity index (χ0v) is 12.2. The lowest BCUT2D eigenvalue weighted by Crippen LogP contribution is -2.17. The van der Waals surface area contributed by atoms with E-state index in [-0.39, 0.29) is 17.5 Å². The van der Waals surface area contributed by atoms with E-state index in [2.05, 4.69) is 15.6 Å². The van der Waals surface area contributed by atoms with Crippen molar-refractivity contribution in [2.24, 2.45) is 5.92 Å². The van der Waals surface area contributed by atoms with Gasteiger partial charge in [-0.15, -0.1) is 0 Å². The molecule has 0 aliphatic heterocycles. The minimum Gasteiger partial charge on any atom is -0.340 e. The number of hydrogen-bond acceptors (Lipinski definition) is 5. The van der Waals surface area contributed by atoms with Crippen LogP contribution in [0.1, 0.15) is 13.8 Å². The van der Waals surface area contributed by atoms with E-state index in [4.69, 9.17) is 0 Å². The number of nitrogens with zero attached hydrogens (tertiary/aromatic N) is 2. The second-order valence-electron chi connectivity index (χ2n) is 5.01. The van der Waals surface area contributed by atoms with Crippen LogP contribution in [0.3, 0.4) is 0 Å². The van der Waals surface area contributed by atoms with Crippen molar-refractivity contribution < 1.29 is 9.72 Å². The molecule has 0 aliphatic rings. The fourth-order valence-corrected chi connectivity index (χ4v) is 1.64. The SMILES string of the molecule is CC(C)C(=O)Nc1ccc(Nc2ccc([N+](=O)[O-])cn2)cc1. The van der Waals surface area contributed by atoms with E-state index in [9.17, 15) is 14.9 Å². The molecular formula is C15H16N4O3. The molecule has 0 atom stereocenters. The van der Waals surface area contributed by atoms with Crippen molar-refractivity contribution >= 4 is 28.8 Å². The summed E-state index contributed by atoms with van der Waals surface area (Å²) in [7, 11) is 0. The lowest BCUT2D eigenvalue weighted by Gasteiger charge is -2.09. The number of nitro groups is 1. The first-order valence-corrected chi connectivity index (χ1v) is 6.74. The Morgan fingerprint density at radius 2 is 1.77 bits per heavy atom. The molecule has 2 aromatic rings. The molecule has 0 radical (unpaired) electrons. The quantitative estimate of drug-likeness (QED) is 0.652. The van der Waals surface area contributed by atoms with Crippen LogP contribution >= 0.6 is 0 Å². The summed E-state index contributed by atoms with van der Waals surface area (Å²) in [5.74, 6) is 0.379. The molecule has 0 aliphatic carbocycles. The van der Waals surface area contributed by atoms with Crippen LogP contribution in [0, 0.1) is 16.0 Å². The second kappa shape index (κ2) is 6.66. The highest BCUT2D eigenvalue weighted by Gasteiger charge is 2.07. The summed E-state index contributed by atoms with van der Waals surface area (Å²) in [6, 6.07) is 10.0. The predicted molar refractivity (Wildman–Crippen MR) is 84.1 cm³/mol. The maximum absolute atomic E-state index is 11.6. The van der Waals surface area contributed by atoms with Gasteiger partial charge in [0.15, 0.2) is 0 Å². The van der Waals surface area contributed by atoms with Crippen molar-refractivity contribution in [2.45, 2.75) is 13.8 Å². The van der Waals surface area contributed by atoms with Crippen molar-refractivity contribution in [1.82, 2.24) is 4.98 Å². The summed E-state index contributed by atoms with van der Waals surface area (Å²) in [5.41, 5.74) is 1.42. The van der Waals surface area contributed by atoms with Gasteiger partial charge in [-0.2, -0.15) is 0 Å². The summed E-state index contributed by atoms with van der Waals surface area (Å²) in [6.07, 6.45) is 1.19. The van der Waals surface area contributed by atoms with Crippen molar-refractivity contribution in [3.8, 4) is 0 Å². The summed E-state index contributed by atoms with van der Waals surface area (Å²) in [4.78, 5) is 25.6. The summed E-state index contributed by atoms with van der Waals surface area (Å²) >= 11 is 0. The number of amides is 1. The maximum Gasteiger partial charge on any atom is 0.287 e. The third-order valence-corrected chi connectivity index (χ3v) is 2.91. The smallest absolute Gasteiger partial charge is 0.287 e. The largest absolute Gasteiger partial charge is 0.340 e. The fourth-order valence-electron chi connectivity index (χ4n) is 1.64. The van der Waals surface area contributed by atoms with Gasteiger partial charge < -0.3 is 10.6 Å². The molecule has 0 spiro atoms. The average Bonchev–Trinajstić information content (AvgIpc) is 2.49. The Labute approximate surface area is 127 Å². The van der Waals surface area contributed by atoms with E-state index < -0.39 is 4.92 Å². The Hall–Kier alpha value is -2.96. The van der Waals surface area contributed by atoms with Gasteiger partial charge in [0.25, 0.3) is 5.69 Å². The van der Waals surface area contributed by atoms with Crippen LogP contribution in [0.2, 0.25) is 0 Å². The molecule has 0 unspecified atom stereocenters. The molecular weight excluding hydrogens is 284 g/mol. The molecule has 0 bridgehead atoms. The molecule has 1 aromatic heterocycles. The molecule has 7 heteroatoms. The van der Waals surface area contributed by atoms with Crippen LogP contribution in [-0.2, 0) is 4.79 Å². The number of hydrogen-bond donors (Lipinski definition) is 2. The molecule has 0 fully saturated rings. The third kappa shape index (κ3) is 4.02. The van der Waals surface area contributed by atoms with Gasteiger partial charge in [-0.3, -0.25) is 14.9 Å². The lowest BCUT2D eigenvalue weighted by atomic mass is 10.2. The molecule has 0 saturated carbocycles. The lowest BCUT2D eigenvalue weighted by molar-refractivity contribution is -0.385. The summed E-state index contributed by atoms with van der Waals surface area (Å²) < 4.78 is 0. The Bertz CT molecular complexity index is 666. The number of rotatable bonds is 5. The number of pyridine rings is 1. The van der Waals surface area contributed by atoms with Gasteiger partial charge in [-0.05, 0) is 30.3 Å². The van der Waals surface area contributed by atoms with Crippen LogP contribution < -0.4 is 10.6 Å². The molecule has 0 saturated heterocycles. The number of carbonyl (C=O) groups excluding carboxylic acids is 1. The number of nitrogens with one attached hydrogen (secondary N) is 2. The fraction of sp³-hybridized carbons (Fsp3) is 0.200. The first-order valence-electron chi connectivity index (χ1n) is 6.74. The molecule has 114 valence electrons. The van der Waals surface area contributed by atoms with E-state index in [1.807, 2.05) is 13.8 Å². The first kappa shape index (κ1) is 15.4. The van der Waals surface area contributed by atoms with E-state index in [0.29, 0.717) is 11.5 Å². The van der Waals surface area contributed by atoms with Gasteiger partial charge >= 0.3 is 0 Å². The monoisotopic (exact) mass is 300 g/mol. The Balaban J connectivity index is 2.01. The standard InChI is InChI=1S/C15H16N4O3/c1-10(2)15(20)18-12-5-3-11(4-6-12)17-14-8-7-13(9-16-14)19(21)22/h3-10H,1-2H3,(H,16,17)(H,18,20). The second-order valence-corrected chi connectivity index (χ2v) is 5.01. The number of carbonyl (C=O) groups is 1. The third-order valence-electron chi connectivity index (χ3n) is 2.91. The highest BCUT2D eigenvalue weighted by molar-refractivity contribution is 5.92. The summed E-state index contributed by atoms with van der Waals surface area (Å²) in [6.45, 7) is 3.65. The molecule has 2 rings (SSSR count). The van der Waals surface area contributed by atoms with Crippen LogP contribution in [-0.4, -0.2) is 15.8 Å². The molecule has 2 N–H and O–H groups in total. The van der Waals surface area contributed by atoms with Gasteiger partial charge in [0.05, 0.1) is 4.92 Å². The summed E-state index contributed by atoms with van der Waals surface area (Å²) in [5, 5.41) is 16.4. The van der Waals surface area contributed by atoms with Gasteiger partial charge in [-0.25, -0.2) is 4.98 Å². The zero-order chi connectivity index (χ0) is 16.1. The maximum atomic E-state index is 11.6. The van der Waals surface area contributed by atoms with E-state index in [0.717, 1.165) is 5.69 Å². The minimum atomic E-state index is -0.497. The molecule has 7 nitrogen and oxygen atoms in total. The van der Waals surface area contributed by atoms with Gasteiger partial charge in [0.2, 0.25) is 5.91 Å². The van der Waals surface area contributed by atoms with Gasteiger partial charge in [-0.1, -0.05) is 13.8 Å². The van der Waals surface area contributed by atoms with Crippen molar-refractivity contribution in [1.29, 1.82) is 0 Å². The van der Waals surface area contributed by atoms with Crippen molar-refractivity contribution in [3.05, 3.63) is 52.7 Å². The molecule has 1 amide bonds. The average molecular weight is 300 g/mol. The Kier molecular flexibility index (Phi) is 4.67. The zero-order valence-electron chi connectivity index (χ0n) is 12.2. The predicted octanol–water partition coefficient (Wildman–Crippen LogP) is 3.33. The Morgan fingerprint density at radius 1 is 1.14 bits per heavy atom.